The lowest BCUT2D eigenvalue weighted by Gasteiger charge is -2.31. The molecule has 8 nitrogen and oxygen atoms in total. The van der Waals surface area contributed by atoms with Crippen LogP contribution in [0, 0.1) is 0 Å². The topological polar surface area (TPSA) is 76.4 Å². The highest BCUT2D eigenvalue weighted by Crippen LogP contribution is 2.13. The first-order valence-corrected chi connectivity index (χ1v) is 8.64. The van der Waals surface area contributed by atoms with Crippen LogP contribution in [0.15, 0.2) is 6.33 Å². The Morgan fingerprint density at radius 2 is 2.04 bits per heavy atom. The molecule has 2 aliphatic heterocycles. The van der Waals surface area contributed by atoms with Crippen molar-refractivity contribution in [3.63, 3.8) is 0 Å². The zero-order valence-electron chi connectivity index (χ0n) is 13.6. The zero-order valence-corrected chi connectivity index (χ0v) is 13.6. The van der Waals surface area contributed by atoms with E-state index in [9.17, 15) is 4.79 Å². The minimum absolute atomic E-state index is 0.132. The second kappa shape index (κ2) is 8.35. The van der Waals surface area contributed by atoms with E-state index in [1.165, 1.54) is 25.6 Å². The first-order valence-electron chi connectivity index (χ1n) is 8.64. The average molecular weight is 322 g/mol. The summed E-state index contributed by atoms with van der Waals surface area (Å²) in [7, 11) is 0. The van der Waals surface area contributed by atoms with Gasteiger partial charge < -0.3 is 14.5 Å². The molecule has 2 saturated heterocycles. The average Bonchev–Trinajstić information content (AvgIpc) is 2.99. The zero-order chi connectivity index (χ0) is 15.9. The van der Waals surface area contributed by atoms with Gasteiger partial charge in [-0.3, -0.25) is 4.79 Å². The highest BCUT2D eigenvalue weighted by molar-refractivity contribution is 5.76. The molecule has 3 heterocycles. The molecule has 8 heteroatoms. The Labute approximate surface area is 136 Å². The molecule has 0 aromatic carbocycles. The van der Waals surface area contributed by atoms with Crippen LogP contribution in [-0.2, 0) is 16.1 Å². The molecule has 0 bridgehead atoms. The van der Waals surface area contributed by atoms with Gasteiger partial charge in [0.2, 0.25) is 5.91 Å². The molecule has 1 unspecified atom stereocenters. The summed E-state index contributed by atoms with van der Waals surface area (Å²) in [5.74, 6) is 0.162. The van der Waals surface area contributed by atoms with Gasteiger partial charge >= 0.3 is 0 Å². The Bertz CT molecular complexity index is 474. The summed E-state index contributed by atoms with van der Waals surface area (Å²) in [5, 5.41) is 11.0. The summed E-state index contributed by atoms with van der Waals surface area (Å²) in [6.07, 6.45) is 6.91. The van der Waals surface area contributed by atoms with Crippen molar-refractivity contribution in [3.8, 4) is 0 Å². The molecule has 3 rings (SSSR count). The predicted octanol–water partition coefficient (Wildman–Crippen LogP) is 0.167. The third-order valence-electron chi connectivity index (χ3n) is 4.56. The molecule has 1 atom stereocenters. The van der Waals surface area contributed by atoms with E-state index in [1.807, 2.05) is 4.90 Å². The lowest BCUT2D eigenvalue weighted by atomic mass is 10.1. The van der Waals surface area contributed by atoms with Crippen LogP contribution >= 0.6 is 0 Å². The number of nitrogens with zero attached hydrogens (tertiary/aromatic N) is 6. The van der Waals surface area contributed by atoms with Crippen molar-refractivity contribution < 1.29 is 9.53 Å². The highest BCUT2D eigenvalue weighted by Gasteiger charge is 2.24. The van der Waals surface area contributed by atoms with Crippen molar-refractivity contribution in [1.29, 1.82) is 0 Å². The predicted molar refractivity (Wildman–Crippen MR) is 83.7 cm³/mol. The smallest absolute Gasteiger partial charge is 0.224 e. The van der Waals surface area contributed by atoms with E-state index < -0.39 is 0 Å². The van der Waals surface area contributed by atoms with Crippen LogP contribution in [0.2, 0.25) is 0 Å². The van der Waals surface area contributed by atoms with Crippen molar-refractivity contribution in [1.82, 2.24) is 30.0 Å². The summed E-state index contributed by atoms with van der Waals surface area (Å²) < 4.78 is 7.56. The lowest BCUT2D eigenvalue weighted by Crippen LogP contribution is -2.44. The molecule has 1 amide bonds. The van der Waals surface area contributed by atoms with Crippen LogP contribution in [0.3, 0.4) is 0 Å². The van der Waals surface area contributed by atoms with Gasteiger partial charge in [0.25, 0.3) is 0 Å². The van der Waals surface area contributed by atoms with Crippen LogP contribution < -0.4 is 0 Å². The van der Waals surface area contributed by atoms with E-state index >= 15 is 0 Å². The van der Waals surface area contributed by atoms with Crippen LogP contribution in [0.25, 0.3) is 0 Å². The first-order chi connectivity index (χ1) is 11.3. The number of piperidine rings is 1. The van der Waals surface area contributed by atoms with Crippen molar-refractivity contribution >= 4 is 5.91 Å². The van der Waals surface area contributed by atoms with E-state index in [0.29, 0.717) is 19.5 Å². The van der Waals surface area contributed by atoms with E-state index in [4.69, 9.17) is 4.74 Å². The number of ether oxygens (including phenoxy) is 1. The second-order valence-corrected chi connectivity index (χ2v) is 6.37. The number of aromatic nitrogens is 4. The molecular weight excluding hydrogens is 296 g/mol. The van der Waals surface area contributed by atoms with Crippen molar-refractivity contribution in [2.45, 2.75) is 44.8 Å². The van der Waals surface area contributed by atoms with E-state index in [1.54, 1.807) is 4.68 Å². The van der Waals surface area contributed by atoms with Gasteiger partial charge in [0.15, 0.2) is 0 Å². The van der Waals surface area contributed by atoms with E-state index in [-0.39, 0.29) is 12.0 Å². The highest BCUT2D eigenvalue weighted by atomic mass is 16.5. The lowest BCUT2D eigenvalue weighted by molar-refractivity contribution is -0.132. The number of rotatable bonds is 5. The summed E-state index contributed by atoms with van der Waals surface area (Å²) >= 11 is 0. The third-order valence-corrected chi connectivity index (χ3v) is 4.56. The minimum Gasteiger partial charge on any atom is -0.375 e. The summed E-state index contributed by atoms with van der Waals surface area (Å²) in [6, 6.07) is 0. The molecule has 1 aromatic heterocycles. The third kappa shape index (κ3) is 4.97. The van der Waals surface area contributed by atoms with Crippen LogP contribution in [0.1, 0.15) is 32.1 Å². The molecule has 2 fully saturated rings. The number of tetrazole rings is 1. The van der Waals surface area contributed by atoms with Gasteiger partial charge in [-0.2, -0.15) is 0 Å². The Kier molecular flexibility index (Phi) is 5.93. The van der Waals surface area contributed by atoms with Crippen LogP contribution in [0.5, 0.6) is 0 Å². The molecule has 0 saturated carbocycles. The van der Waals surface area contributed by atoms with Gasteiger partial charge in [0.1, 0.15) is 6.33 Å². The number of aryl methyl sites for hydroxylation is 1. The van der Waals surface area contributed by atoms with Crippen molar-refractivity contribution in [3.05, 3.63) is 6.33 Å². The maximum absolute atomic E-state index is 12.5. The van der Waals surface area contributed by atoms with Crippen LogP contribution in [-0.4, -0.2) is 81.3 Å². The fourth-order valence-electron chi connectivity index (χ4n) is 3.31. The molecule has 2 aliphatic rings. The van der Waals surface area contributed by atoms with E-state index in [0.717, 1.165) is 39.2 Å². The summed E-state index contributed by atoms with van der Waals surface area (Å²) in [5.41, 5.74) is 0. The molecule has 0 spiro atoms. The fraction of sp³-hybridized carbons (Fsp3) is 0.867. The van der Waals surface area contributed by atoms with E-state index in [2.05, 4.69) is 20.4 Å². The number of likely N-dealkylation sites (tertiary alicyclic amines) is 1. The van der Waals surface area contributed by atoms with Crippen molar-refractivity contribution in [2.24, 2.45) is 0 Å². The molecule has 23 heavy (non-hydrogen) atoms. The maximum Gasteiger partial charge on any atom is 0.224 e. The quantitative estimate of drug-likeness (QED) is 0.769. The van der Waals surface area contributed by atoms with Gasteiger partial charge in [0.05, 0.1) is 12.6 Å². The van der Waals surface area contributed by atoms with Gasteiger partial charge in [0, 0.05) is 32.7 Å². The second-order valence-electron chi connectivity index (χ2n) is 6.37. The number of hydrogen-bond acceptors (Lipinski definition) is 6. The normalized spacial score (nSPS) is 23.7. The van der Waals surface area contributed by atoms with Gasteiger partial charge in [-0.1, -0.05) is 6.42 Å². The SMILES string of the molecule is O=C(CCn1cnnn1)N1CCCOC(CN2CCCCC2)C1. The molecule has 0 aliphatic carbocycles. The fourth-order valence-corrected chi connectivity index (χ4v) is 3.31. The monoisotopic (exact) mass is 322 g/mol. The summed E-state index contributed by atoms with van der Waals surface area (Å²) in [4.78, 5) is 16.9. The van der Waals surface area contributed by atoms with Crippen molar-refractivity contribution in [2.75, 3.05) is 39.3 Å². The number of carbonyl (C=O) groups excluding carboxylic acids is 1. The summed E-state index contributed by atoms with van der Waals surface area (Å²) in [6.45, 7) is 6.02. The minimum atomic E-state index is 0.132. The Morgan fingerprint density at radius 1 is 1.17 bits per heavy atom. The molecular formula is C15H26N6O2. The standard InChI is InChI=1S/C15H26N6O2/c22-15(5-9-21-13-16-17-18-21)20-8-4-10-23-14(12-20)11-19-6-2-1-3-7-19/h13-14H,1-12H2. The Balaban J connectivity index is 1.48. The molecule has 1 aromatic rings. The number of carbonyl (C=O) groups is 1. The first kappa shape index (κ1) is 16.3. The molecule has 0 radical (unpaired) electrons. The van der Waals surface area contributed by atoms with Gasteiger partial charge in [-0.25, -0.2) is 4.68 Å². The maximum atomic E-state index is 12.5. The van der Waals surface area contributed by atoms with Crippen LogP contribution in [0.4, 0.5) is 0 Å². The van der Waals surface area contributed by atoms with Gasteiger partial charge in [-0.15, -0.1) is 5.10 Å². The number of hydrogen-bond donors (Lipinski definition) is 0. The largest absolute Gasteiger partial charge is 0.375 e. The number of amides is 1. The Morgan fingerprint density at radius 3 is 2.83 bits per heavy atom. The van der Waals surface area contributed by atoms with Gasteiger partial charge in [-0.05, 0) is 42.8 Å². The Hall–Kier alpha value is -1.54. The molecule has 0 N–H and O–H groups in total. The molecule has 128 valence electrons.